The van der Waals surface area contributed by atoms with Crippen LogP contribution in [-0.2, 0) is 9.53 Å². The van der Waals surface area contributed by atoms with Crippen LogP contribution in [0.5, 0.6) is 0 Å². The summed E-state index contributed by atoms with van der Waals surface area (Å²) in [6.45, 7) is 1.94. The molecular weight excluding hydrogens is 168 g/mol. The second-order valence-electron chi connectivity index (χ2n) is 3.91. The number of ether oxygens (including phenoxy) is 1. The van der Waals surface area contributed by atoms with E-state index in [2.05, 4.69) is 4.90 Å². The molecule has 0 spiro atoms. The highest BCUT2D eigenvalue weighted by Gasteiger charge is 2.34. The number of primary amides is 1. The second-order valence-corrected chi connectivity index (χ2v) is 3.91. The molecule has 0 aromatic rings. The highest BCUT2D eigenvalue weighted by atomic mass is 16.5. The molecule has 74 valence electrons. The van der Waals surface area contributed by atoms with Crippen LogP contribution in [0.4, 0.5) is 0 Å². The van der Waals surface area contributed by atoms with Gasteiger partial charge in [0.15, 0.2) is 0 Å². The maximum Gasteiger partial charge on any atom is 0.231 e. The van der Waals surface area contributed by atoms with Crippen molar-refractivity contribution < 1.29 is 9.53 Å². The Morgan fingerprint density at radius 1 is 1.38 bits per heavy atom. The van der Waals surface area contributed by atoms with Crippen LogP contribution in [0.1, 0.15) is 19.3 Å². The zero-order valence-electron chi connectivity index (χ0n) is 7.74. The first-order valence-electron chi connectivity index (χ1n) is 4.89. The van der Waals surface area contributed by atoms with Crippen molar-refractivity contribution in [3.8, 4) is 0 Å². The Morgan fingerprint density at radius 3 is 2.54 bits per heavy atom. The van der Waals surface area contributed by atoms with Crippen molar-refractivity contribution in [3.63, 3.8) is 0 Å². The number of hydrogen-bond donors (Lipinski definition) is 1. The minimum absolute atomic E-state index is 0.223. The minimum atomic E-state index is -0.223. The van der Waals surface area contributed by atoms with Gasteiger partial charge >= 0.3 is 0 Å². The molecule has 2 fully saturated rings. The highest BCUT2D eigenvalue weighted by molar-refractivity contribution is 5.76. The molecule has 1 amide bonds. The normalized spacial score (nSPS) is 34.5. The van der Waals surface area contributed by atoms with E-state index in [-0.39, 0.29) is 5.91 Å². The van der Waals surface area contributed by atoms with Gasteiger partial charge in [-0.25, -0.2) is 0 Å². The molecule has 2 aliphatic rings. The molecule has 2 unspecified atom stereocenters. The molecule has 13 heavy (non-hydrogen) atoms. The molecule has 0 aliphatic carbocycles. The number of rotatable bonds is 2. The maximum atomic E-state index is 10.8. The monoisotopic (exact) mass is 184 g/mol. The Morgan fingerprint density at radius 2 is 2.00 bits per heavy atom. The molecular formula is C9H16N2O2. The van der Waals surface area contributed by atoms with Crippen LogP contribution < -0.4 is 5.73 Å². The third-order valence-corrected chi connectivity index (χ3v) is 2.97. The molecule has 4 heteroatoms. The Bertz CT molecular complexity index is 186. The van der Waals surface area contributed by atoms with Gasteiger partial charge in [-0.3, -0.25) is 9.69 Å². The van der Waals surface area contributed by atoms with Gasteiger partial charge in [-0.1, -0.05) is 6.42 Å². The zero-order valence-corrected chi connectivity index (χ0v) is 7.74. The van der Waals surface area contributed by atoms with E-state index in [0.717, 1.165) is 26.1 Å². The van der Waals surface area contributed by atoms with E-state index < -0.39 is 0 Å². The van der Waals surface area contributed by atoms with Crippen LogP contribution in [-0.4, -0.2) is 42.6 Å². The van der Waals surface area contributed by atoms with Gasteiger partial charge in [0.05, 0.1) is 19.8 Å². The van der Waals surface area contributed by atoms with E-state index in [1.165, 1.54) is 6.42 Å². The summed E-state index contributed by atoms with van der Waals surface area (Å²) in [5.41, 5.74) is 5.21. The maximum absolute atomic E-state index is 10.8. The molecule has 2 heterocycles. The Balaban J connectivity index is 2.02. The Kier molecular flexibility index (Phi) is 2.51. The molecule has 2 bridgehead atoms. The number of carbonyl (C=O) groups is 1. The third kappa shape index (κ3) is 1.84. The van der Waals surface area contributed by atoms with Crippen LogP contribution in [0.25, 0.3) is 0 Å². The van der Waals surface area contributed by atoms with Gasteiger partial charge in [0.25, 0.3) is 0 Å². The average molecular weight is 184 g/mol. The van der Waals surface area contributed by atoms with Gasteiger partial charge in [-0.2, -0.15) is 0 Å². The smallest absolute Gasteiger partial charge is 0.231 e. The highest BCUT2D eigenvalue weighted by Crippen LogP contribution is 2.26. The van der Waals surface area contributed by atoms with Gasteiger partial charge in [0.2, 0.25) is 5.91 Å². The zero-order chi connectivity index (χ0) is 9.26. The van der Waals surface area contributed by atoms with Crippen molar-refractivity contribution in [2.75, 3.05) is 19.8 Å². The predicted octanol–water partition coefficient (Wildman–Crippen LogP) is -0.275. The van der Waals surface area contributed by atoms with Gasteiger partial charge in [0, 0.05) is 12.1 Å². The van der Waals surface area contributed by atoms with Gasteiger partial charge in [-0.15, -0.1) is 0 Å². The first kappa shape index (κ1) is 8.97. The number of morpholine rings is 1. The number of fused-ring (bicyclic) bond motifs is 2. The number of nitrogens with zero attached hydrogens (tertiary/aromatic N) is 1. The van der Waals surface area contributed by atoms with E-state index in [9.17, 15) is 4.79 Å². The lowest BCUT2D eigenvalue weighted by molar-refractivity contribution is -0.126. The molecule has 2 N–H and O–H groups in total. The molecule has 2 atom stereocenters. The second kappa shape index (κ2) is 3.64. The van der Waals surface area contributed by atoms with E-state index in [1.54, 1.807) is 0 Å². The van der Waals surface area contributed by atoms with E-state index in [0.29, 0.717) is 18.6 Å². The number of carbonyl (C=O) groups excluding carboxylic acids is 1. The summed E-state index contributed by atoms with van der Waals surface area (Å²) in [5.74, 6) is -0.223. The molecule has 0 aromatic carbocycles. The largest absolute Gasteiger partial charge is 0.378 e. The van der Waals surface area contributed by atoms with E-state index in [1.807, 2.05) is 0 Å². The van der Waals surface area contributed by atoms with Crippen molar-refractivity contribution in [1.29, 1.82) is 0 Å². The number of hydrogen-bond acceptors (Lipinski definition) is 3. The molecule has 4 nitrogen and oxygen atoms in total. The minimum Gasteiger partial charge on any atom is -0.378 e. The van der Waals surface area contributed by atoms with Crippen LogP contribution in [0.15, 0.2) is 0 Å². The van der Waals surface area contributed by atoms with E-state index >= 15 is 0 Å². The average Bonchev–Trinajstić information content (AvgIpc) is 2.02. The van der Waals surface area contributed by atoms with Crippen molar-refractivity contribution >= 4 is 5.91 Å². The van der Waals surface area contributed by atoms with Crippen molar-refractivity contribution in [2.45, 2.75) is 31.3 Å². The van der Waals surface area contributed by atoms with Crippen LogP contribution in [0.3, 0.4) is 0 Å². The number of piperidine rings is 1. The fourth-order valence-corrected chi connectivity index (χ4v) is 2.36. The molecule has 2 rings (SSSR count). The fraction of sp³-hybridized carbons (Fsp3) is 0.889. The standard InChI is InChI=1S/C9H16N2O2/c10-9(12)4-11-7-2-1-3-8(11)6-13-5-7/h7-8H,1-6H2,(H2,10,12). The Hall–Kier alpha value is -0.610. The van der Waals surface area contributed by atoms with Crippen LogP contribution in [0, 0.1) is 0 Å². The van der Waals surface area contributed by atoms with Crippen LogP contribution >= 0.6 is 0 Å². The van der Waals surface area contributed by atoms with Gasteiger partial charge in [0.1, 0.15) is 0 Å². The molecule has 0 saturated carbocycles. The predicted molar refractivity (Wildman–Crippen MR) is 48.1 cm³/mol. The lowest BCUT2D eigenvalue weighted by Crippen LogP contribution is -2.56. The lowest BCUT2D eigenvalue weighted by atomic mass is 9.94. The summed E-state index contributed by atoms with van der Waals surface area (Å²) >= 11 is 0. The van der Waals surface area contributed by atoms with Gasteiger partial charge in [-0.05, 0) is 12.8 Å². The summed E-state index contributed by atoms with van der Waals surface area (Å²) in [7, 11) is 0. The van der Waals surface area contributed by atoms with E-state index in [4.69, 9.17) is 10.5 Å². The lowest BCUT2D eigenvalue weighted by Gasteiger charge is -2.45. The summed E-state index contributed by atoms with van der Waals surface area (Å²) in [4.78, 5) is 13.1. The molecule has 2 aliphatic heterocycles. The molecule has 0 radical (unpaired) electrons. The van der Waals surface area contributed by atoms with Crippen molar-refractivity contribution in [1.82, 2.24) is 4.90 Å². The van der Waals surface area contributed by atoms with Crippen LogP contribution in [0.2, 0.25) is 0 Å². The van der Waals surface area contributed by atoms with Crippen molar-refractivity contribution in [2.24, 2.45) is 5.73 Å². The van der Waals surface area contributed by atoms with Gasteiger partial charge < -0.3 is 10.5 Å². The third-order valence-electron chi connectivity index (χ3n) is 2.97. The number of nitrogens with two attached hydrogens (primary N) is 1. The molecule has 2 saturated heterocycles. The Labute approximate surface area is 78.0 Å². The van der Waals surface area contributed by atoms with Crippen molar-refractivity contribution in [3.05, 3.63) is 0 Å². The SMILES string of the molecule is NC(=O)CN1C2CCCC1COC2. The summed E-state index contributed by atoms with van der Waals surface area (Å²) in [5, 5.41) is 0. The summed E-state index contributed by atoms with van der Waals surface area (Å²) in [6, 6.07) is 0.861. The topological polar surface area (TPSA) is 55.6 Å². The molecule has 0 aromatic heterocycles. The first-order chi connectivity index (χ1) is 6.27. The fourth-order valence-electron chi connectivity index (χ4n) is 2.36. The quantitative estimate of drug-likeness (QED) is 0.642. The summed E-state index contributed by atoms with van der Waals surface area (Å²) in [6.07, 6.45) is 3.54. The number of amides is 1. The summed E-state index contributed by atoms with van der Waals surface area (Å²) < 4.78 is 5.45. The first-order valence-corrected chi connectivity index (χ1v) is 4.89.